The Balaban J connectivity index is 2.17. The SMILES string of the molecule is COc1ccc2cc(NCC(O)CO)ccc2n1. The fourth-order valence-electron chi connectivity index (χ4n) is 1.63. The molecule has 0 spiro atoms. The van der Waals surface area contributed by atoms with Gasteiger partial charge in [0.1, 0.15) is 0 Å². The second-order valence-corrected chi connectivity index (χ2v) is 3.98. The Morgan fingerprint density at radius 1 is 1.33 bits per heavy atom. The number of methoxy groups -OCH3 is 1. The van der Waals surface area contributed by atoms with E-state index in [2.05, 4.69) is 10.3 Å². The first-order valence-electron chi connectivity index (χ1n) is 5.70. The van der Waals surface area contributed by atoms with E-state index < -0.39 is 6.10 Å². The van der Waals surface area contributed by atoms with E-state index in [4.69, 9.17) is 9.84 Å². The molecule has 0 bridgehead atoms. The van der Waals surface area contributed by atoms with Crippen LogP contribution in [0, 0.1) is 0 Å². The van der Waals surface area contributed by atoms with Crippen molar-refractivity contribution in [1.29, 1.82) is 0 Å². The third kappa shape index (κ3) is 2.88. The van der Waals surface area contributed by atoms with Gasteiger partial charge in [0.2, 0.25) is 5.88 Å². The van der Waals surface area contributed by atoms with E-state index in [1.807, 2.05) is 24.3 Å². The number of hydrogen-bond acceptors (Lipinski definition) is 5. The highest BCUT2D eigenvalue weighted by Gasteiger charge is 2.03. The summed E-state index contributed by atoms with van der Waals surface area (Å²) in [7, 11) is 1.58. The lowest BCUT2D eigenvalue weighted by molar-refractivity contribution is 0.105. The van der Waals surface area contributed by atoms with Crippen LogP contribution in [0.15, 0.2) is 30.3 Å². The Labute approximate surface area is 105 Å². The van der Waals surface area contributed by atoms with Gasteiger partial charge in [0, 0.05) is 23.7 Å². The van der Waals surface area contributed by atoms with Gasteiger partial charge in [0.05, 0.1) is 25.3 Å². The van der Waals surface area contributed by atoms with Crippen LogP contribution >= 0.6 is 0 Å². The summed E-state index contributed by atoms with van der Waals surface area (Å²) in [4.78, 5) is 4.31. The van der Waals surface area contributed by atoms with E-state index in [9.17, 15) is 5.11 Å². The highest BCUT2D eigenvalue weighted by atomic mass is 16.5. The van der Waals surface area contributed by atoms with Gasteiger partial charge in [0.15, 0.2) is 0 Å². The van der Waals surface area contributed by atoms with Crippen LogP contribution in [0.2, 0.25) is 0 Å². The van der Waals surface area contributed by atoms with Gasteiger partial charge in [0.25, 0.3) is 0 Å². The molecular formula is C13H16N2O3. The number of nitrogens with zero attached hydrogens (tertiary/aromatic N) is 1. The Morgan fingerprint density at radius 2 is 2.17 bits per heavy atom. The van der Waals surface area contributed by atoms with Crippen molar-refractivity contribution in [1.82, 2.24) is 4.98 Å². The molecule has 0 aliphatic carbocycles. The van der Waals surface area contributed by atoms with E-state index in [0.717, 1.165) is 16.6 Å². The number of aliphatic hydroxyl groups is 2. The highest BCUT2D eigenvalue weighted by Crippen LogP contribution is 2.20. The summed E-state index contributed by atoms with van der Waals surface area (Å²) in [6.45, 7) is 0.0604. The fraction of sp³-hybridized carbons (Fsp3) is 0.308. The summed E-state index contributed by atoms with van der Waals surface area (Å²) in [6, 6.07) is 9.42. The van der Waals surface area contributed by atoms with E-state index in [1.54, 1.807) is 13.2 Å². The van der Waals surface area contributed by atoms with Gasteiger partial charge in [-0.2, -0.15) is 0 Å². The molecule has 0 aliphatic heterocycles. The largest absolute Gasteiger partial charge is 0.481 e. The van der Waals surface area contributed by atoms with Crippen molar-refractivity contribution in [2.45, 2.75) is 6.10 Å². The predicted molar refractivity (Wildman–Crippen MR) is 69.9 cm³/mol. The van der Waals surface area contributed by atoms with Gasteiger partial charge in [-0.15, -0.1) is 0 Å². The van der Waals surface area contributed by atoms with Crippen LogP contribution in [0.1, 0.15) is 0 Å². The van der Waals surface area contributed by atoms with Crippen molar-refractivity contribution in [3.8, 4) is 5.88 Å². The normalized spacial score (nSPS) is 12.4. The van der Waals surface area contributed by atoms with E-state index in [-0.39, 0.29) is 6.61 Å². The molecule has 0 radical (unpaired) electrons. The molecule has 2 rings (SSSR count). The number of rotatable bonds is 5. The van der Waals surface area contributed by atoms with E-state index >= 15 is 0 Å². The Hall–Kier alpha value is -1.85. The number of aromatic nitrogens is 1. The lowest BCUT2D eigenvalue weighted by Crippen LogP contribution is -2.22. The lowest BCUT2D eigenvalue weighted by atomic mass is 10.2. The average Bonchev–Trinajstić information content (AvgIpc) is 2.43. The zero-order chi connectivity index (χ0) is 13.0. The first kappa shape index (κ1) is 12.6. The number of fused-ring (bicyclic) bond motifs is 1. The molecule has 0 fully saturated rings. The number of anilines is 1. The second kappa shape index (κ2) is 5.66. The van der Waals surface area contributed by atoms with Crippen molar-refractivity contribution in [3.05, 3.63) is 30.3 Å². The molecule has 0 saturated heterocycles. The molecule has 5 heteroatoms. The molecule has 18 heavy (non-hydrogen) atoms. The molecule has 0 saturated carbocycles. The molecule has 0 aliphatic rings. The number of benzene rings is 1. The summed E-state index contributed by atoms with van der Waals surface area (Å²) >= 11 is 0. The van der Waals surface area contributed by atoms with E-state index in [0.29, 0.717) is 12.4 Å². The molecular weight excluding hydrogens is 232 g/mol. The van der Waals surface area contributed by atoms with Gasteiger partial charge < -0.3 is 20.3 Å². The summed E-state index contributed by atoms with van der Waals surface area (Å²) in [5.74, 6) is 0.582. The maximum absolute atomic E-state index is 9.26. The maximum atomic E-state index is 9.26. The molecule has 1 aromatic heterocycles. The first-order chi connectivity index (χ1) is 8.72. The Morgan fingerprint density at radius 3 is 2.89 bits per heavy atom. The molecule has 1 heterocycles. The van der Waals surface area contributed by atoms with Gasteiger partial charge in [-0.1, -0.05) is 0 Å². The van der Waals surface area contributed by atoms with Gasteiger partial charge in [-0.25, -0.2) is 4.98 Å². The first-order valence-corrected chi connectivity index (χ1v) is 5.70. The number of nitrogens with one attached hydrogen (secondary N) is 1. The quantitative estimate of drug-likeness (QED) is 0.736. The Kier molecular flexibility index (Phi) is 3.96. The van der Waals surface area contributed by atoms with Crippen molar-refractivity contribution < 1.29 is 14.9 Å². The minimum atomic E-state index is -0.755. The van der Waals surface area contributed by atoms with Crippen LogP contribution in [0.25, 0.3) is 10.9 Å². The third-order valence-corrected chi connectivity index (χ3v) is 2.63. The van der Waals surface area contributed by atoms with Crippen LogP contribution in [0.4, 0.5) is 5.69 Å². The van der Waals surface area contributed by atoms with Crippen LogP contribution < -0.4 is 10.1 Å². The van der Waals surface area contributed by atoms with Crippen molar-refractivity contribution in [2.24, 2.45) is 0 Å². The van der Waals surface area contributed by atoms with Crippen LogP contribution in [-0.4, -0.2) is 41.6 Å². The lowest BCUT2D eigenvalue weighted by Gasteiger charge is -2.10. The van der Waals surface area contributed by atoms with Crippen LogP contribution in [-0.2, 0) is 0 Å². The molecule has 5 nitrogen and oxygen atoms in total. The topological polar surface area (TPSA) is 74.6 Å². The van der Waals surface area contributed by atoms with E-state index in [1.165, 1.54) is 0 Å². The minimum Gasteiger partial charge on any atom is -0.481 e. The maximum Gasteiger partial charge on any atom is 0.213 e. The minimum absolute atomic E-state index is 0.251. The zero-order valence-electron chi connectivity index (χ0n) is 10.1. The van der Waals surface area contributed by atoms with Crippen LogP contribution in [0.5, 0.6) is 5.88 Å². The Bertz CT molecular complexity index is 531. The van der Waals surface area contributed by atoms with Crippen LogP contribution in [0.3, 0.4) is 0 Å². The molecule has 1 unspecified atom stereocenters. The molecule has 96 valence electrons. The number of pyridine rings is 1. The predicted octanol–water partition coefficient (Wildman–Crippen LogP) is 1.01. The molecule has 1 atom stereocenters. The van der Waals surface area contributed by atoms with Crippen molar-refractivity contribution in [3.63, 3.8) is 0 Å². The standard InChI is InChI=1S/C13H16N2O3/c1-18-13-5-2-9-6-10(3-4-12(9)15-13)14-7-11(17)8-16/h2-6,11,14,16-17H,7-8H2,1H3. The number of aliphatic hydroxyl groups excluding tert-OH is 2. The highest BCUT2D eigenvalue weighted by molar-refractivity contribution is 5.82. The summed E-state index contributed by atoms with van der Waals surface area (Å²) in [5, 5.41) is 22.0. The molecule has 1 aromatic carbocycles. The molecule has 0 amide bonds. The monoisotopic (exact) mass is 248 g/mol. The number of ether oxygens (including phenoxy) is 1. The molecule has 2 aromatic rings. The van der Waals surface area contributed by atoms with Crippen molar-refractivity contribution in [2.75, 3.05) is 25.6 Å². The van der Waals surface area contributed by atoms with Gasteiger partial charge in [-0.05, 0) is 24.3 Å². The van der Waals surface area contributed by atoms with Gasteiger partial charge >= 0.3 is 0 Å². The second-order valence-electron chi connectivity index (χ2n) is 3.98. The zero-order valence-corrected chi connectivity index (χ0v) is 10.1. The summed E-state index contributed by atoms with van der Waals surface area (Å²) in [6.07, 6.45) is -0.755. The van der Waals surface area contributed by atoms with Crippen molar-refractivity contribution >= 4 is 16.6 Å². The summed E-state index contributed by atoms with van der Waals surface area (Å²) < 4.78 is 5.06. The summed E-state index contributed by atoms with van der Waals surface area (Å²) in [5.41, 5.74) is 1.73. The smallest absolute Gasteiger partial charge is 0.213 e. The average molecular weight is 248 g/mol. The molecule has 3 N–H and O–H groups in total. The number of hydrogen-bond donors (Lipinski definition) is 3. The van der Waals surface area contributed by atoms with Gasteiger partial charge in [-0.3, -0.25) is 0 Å². The third-order valence-electron chi connectivity index (χ3n) is 2.63. The fourth-order valence-corrected chi connectivity index (χ4v) is 1.63.